The monoisotopic (exact) mass is 506 g/mol. The molecule has 0 saturated heterocycles. The predicted octanol–water partition coefficient (Wildman–Crippen LogP) is 7.94. The minimum atomic E-state index is 0.00757. The summed E-state index contributed by atoms with van der Waals surface area (Å²) >= 11 is 20.8. The van der Waals surface area contributed by atoms with Crippen molar-refractivity contribution >= 4 is 52.1 Å². The number of hydrazine groups is 1. The Morgan fingerprint density at radius 3 is 2.44 bits per heavy atom. The van der Waals surface area contributed by atoms with Crippen LogP contribution in [0.5, 0.6) is 0 Å². The maximum atomic E-state index is 6.61. The molecule has 2 aromatic carbocycles. The molecule has 0 bridgehead atoms. The molecule has 6 heteroatoms. The van der Waals surface area contributed by atoms with Crippen LogP contribution in [0.3, 0.4) is 0 Å². The molecule has 0 heterocycles. The molecule has 2 atom stereocenters. The molecule has 1 aliphatic carbocycles. The van der Waals surface area contributed by atoms with Gasteiger partial charge in [0.2, 0.25) is 0 Å². The first-order valence-corrected chi connectivity index (χ1v) is 13.1. The lowest BCUT2D eigenvalue weighted by atomic mass is 9.87. The molecule has 0 fully saturated rings. The maximum Gasteiger partial charge on any atom is 0.0462 e. The van der Waals surface area contributed by atoms with Gasteiger partial charge in [-0.1, -0.05) is 78.7 Å². The molecular formula is C26H29Cl3N2S. The average Bonchev–Trinajstić information content (AvgIpc) is 3.14. The van der Waals surface area contributed by atoms with Crippen LogP contribution in [0.25, 0.3) is 5.57 Å². The highest BCUT2D eigenvalue weighted by Gasteiger charge is 2.28. The van der Waals surface area contributed by atoms with Crippen molar-refractivity contribution in [3.63, 3.8) is 0 Å². The quantitative estimate of drug-likeness (QED) is 0.238. The predicted molar refractivity (Wildman–Crippen MR) is 144 cm³/mol. The zero-order chi connectivity index (χ0) is 23.1. The molecule has 3 rings (SSSR count). The van der Waals surface area contributed by atoms with Crippen LogP contribution in [0, 0.1) is 0 Å². The van der Waals surface area contributed by atoms with Crippen molar-refractivity contribution < 1.29 is 0 Å². The number of rotatable bonds is 11. The van der Waals surface area contributed by atoms with E-state index in [0.29, 0.717) is 26.9 Å². The van der Waals surface area contributed by atoms with Crippen molar-refractivity contribution in [3.8, 4) is 0 Å². The Hall–Kier alpha value is -1.20. The minimum Gasteiger partial charge on any atom is -0.258 e. The second-order valence-electron chi connectivity index (χ2n) is 7.84. The summed E-state index contributed by atoms with van der Waals surface area (Å²) in [6, 6.07) is 13.6. The van der Waals surface area contributed by atoms with E-state index in [2.05, 4.69) is 36.7 Å². The van der Waals surface area contributed by atoms with Gasteiger partial charge in [0.15, 0.2) is 0 Å². The Kier molecular flexibility index (Phi) is 9.78. The summed E-state index contributed by atoms with van der Waals surface area (Å²) in [6.07, 6.45) is 8.70. The second kappa shape index (κ2) is 12.3. The lowest BCUT2D eigenvalue weighted by Gasteiger charge is -2.18. The zero-order valence-electron chi connectivity index (χ0n) is 18.4. The standard InChI is InChI=1S/C26H29Cl3N2S/c1-4-22-19(16-31-30-13-5-6-17(2)32-3)14-24(23-12-11-21(28)15-25(23)29)26(22)18-7-9-20(27)10-8-18/h4,7-12,14-15,17,24,30-31H,1,5-6,13,16H2,2-3H3. The SMILES string of the molecule is C=CC1=C(c2ccc(Cl)cc2)C(c2ccc(Cl)cc2Cl)C=C1CNNCCCC(C)SC. The summed E-state index contributed by atoms with van der Waals surface area (Å²) in [4.78, 5) is 0. The Labute approximate surface area is 211 Å². The normalized spacial score (nSPS) is 16.9. The third-order valence-corrected chi connectivity index (χ3v) is 7.55. The number of hydrogen-bond donors (Lipinski definition) is 2. The van der Waals surface area contributed by atoms with Crippen LogP contribution in [0.15, 0.2) is 72.3 Å². The molecule has 0 spiro atoms. The largest absolute Gasteiger partial charge is 0.258 e. The zero-order valence-corrected chi connectivity index (χ0v) is 21.5. The highest BCUT2D eigenvalue weighted by atomic mass is 35.5. The van der Waals surface area contributed by atoms with E-state index in [1.165, 1.54) is 17.6 Å². The van der Waals surface area contributed by atoms with Gasteiger partial charge in [-0.25, -0.2) is 0 Å². The van der Waals surface area contributed by atoms with Gasteiger partial charge >= 0.3 is 0 Å². The van der Waals surface area contributed by atoms with E-state index in [1.807, 2.05) is 54.2 Å². The van der Waals surface area contributed by atoms with Gasteiger partial charge in [0, 0.05) is 39.3 Å². The second-order valence-corrected chi connectivity index (χ2v) is 10.4. The highest BCUT2D eigenvalue weighted by molar-refractivity contribution is 7.99. The molecule has 0 aromatic heterocycles. The smallest absolute Gasteiger partial charge is 0.0462 e. The lowest BCUT2D eigenvalue weighted by molar-refractivity contribution is 0.534. The van der Waals surface area contributed by atoms with E-state index >= 15 is 0 Å². The summed E-state index contributed by atoms with van der Waals surface area (Å²) < 4.78 is 0. The van der Waals surface area contributed by atoms with E-state index in [0.717, 1.165) is 29.7 Å². The molecule has 2 nitrogen and oxygen atoms in total. The van der Waals surface area contributed by atoms with Gasteiger partial charge in [0.25, 0.3) is 0 Å². The Bertz CT molecular complexity index is 999. The van der Waals surface area contributed by atoms with Gasteiger partial charge in [0.1, 0.15) is 0 Å². The van der Waals surface area contributed by atoms with Crippen molar-refractivity contribution in [2.24, 2.45) is 0 Å². The summed E-state index contributed by atoms with van der Waals surface area (Å²) in [5.41, 5.74) is 12.3. The fraction of sp³-hybridized carbons (Fsp3) is 0.308. The fourth-order valence-electron chi connectivity index (χ4n) is 3.92. The van der Waals surface area contributed by atoms with Gasteiger partial charge in [-0.05, 0) is 71.2 Å². The number of benzene rings is 2. The number of halogens is 3. The van der Waals surface area contributed by atoms with Crippen molar-refractivity contribution in [3.05, 3.63) is 98.5 Å². The van der Waals surface area contributed by atoms with Crippen molar-refractivity contribution in [1.82, 2.24) is 10.9 Å². The van der Waals surface area contributed by atoms with Crippen LogP contribution in [-0.2, 0) is 0 Å². The first-order chi connectivity index (χ1) is 15.4. The molecule has 1 aliphatic rings. The topological polar surface area (TPSA) is 24.1 Å². The molecule has 32 heavy (non-hydrogen) atoms. The minimum absolute atomic E-state index is 0.00757. The molecule has 0 aliphatic heterocycles. The Morgan fingerprint density at radius 1 is 1.06 bits per heavy atom. The van der Waals surface area contributed by atoms with E-state index < -0.39 is 0 Å². The lowest BCUT2D eigenvalue weighted by Crippen LogP contribution is -2.34. The maximum absolute atomic E-state index is 6.61. The van der Waals surface area contributed by atoms with Gasteiger partial charge in [-0.3, -0.25) is 10.9 Å². The fourth-order valence-corrected chi connectivity index (χ4v) is 4.97. The van der Waals surface area contributed by atoms with E-state index in [1.54, 1.807) is 6.07 Å². The summed E-state index contributed by atoms with van der Waals surface area (Å²) in [7, 11) is 0. The van der Waals surface area contributed by atoms with Crippen molar-refractivity contribution in [2.45, 2.75) is 30.9 Å². The number of hydrogen-bond acceptors (Lipinski definition) is 3. The van der Waals surface area contributed by atoms with Gasteiger partial charge in [-0.2, -0.15) is 11.8 Å². The number of allylic oxidation sites excluding steroid dienone is 3. The molecular weight excluding hydrogens is 479 g/mol. The summed E-state index contributed by atoms with van der Waals surface area (Å²) in [5.74, 6) is 0.00757. The first kappa shape index (κ1) is 25.4. The van der Waals surface area contributed by atoms with Crippen LogP contribution >= 0.6 is 46.6 Å². The van der Waals surface area contributed by atoms with Crippen molar-refractivity contribution in [2.75, 3.05) is 19.3 Å². The number of thioether (sulfide) groups is 1. The van der Waals surface area contributed by atoms with Crippen molar-refractivity contribution in [1.29, 1.82) is 0 Å². The molecule has 2 unspecified atom stereocenters. The summed E-state index contributed by atoms with van der Waals surface area (Å²) in [6.45, 7) is 8.00. The van der Waals surface area contributed by atoms with Crippen LogP contribution < -0.4 is 10.9 Å². The molecule has 2 N–H and O–H groups in total. The van der Waals surface area contributed by atoms with Crippen LogP contribution in [0.1, 0.15) is 36.8 Å². The Morgan fingerprint density at radius 2 is 1.78 bits per heavy atom. The molecule has 2 aromatic rings. The molecule has 0 amide bonds. The van der Waals surface area contributed by atoms with E-state index in [4.69, 9.17) is 34.8 Å². The molecule has 0 radical (unpaired) electrons. The third kappa shape index (κ3) is 6.44. The third-order valence-electron chi connectivity index (χ3n) is 5.69. The summed E-state index contributed by atoms with van der Waals surface area (Å²) in [5, 5.41) is 2.69. The van der Waals surface area contributed by atoms with E-state index in [9.17, 15) is 0 Å². The van der Waals surface area contributed by atoms with E-state index in [-0.39, 0.29) is 5.92 Å². The number of nitrogens with one attached hydrogen (secondary N) is 2. The average molecular weight is 508 g/mol. The van der Waals surface area contributed by atoms with Crippen LogP contribution in [-0.4, -0.2) is 24.6 Å². The van der Waals surface area contributed by atoms with Gasteiger partial charge in [0.05, 0.1) is 0 Å². The van der Waals surface area contributed by atoms with Crippen LogP contribution in [0.4, 0.5) is 0 Å². The molecule has 0 saturated carbocycles. The Balaban J connectivity index is 1.83. The van der Waals surface area contributed by atoms with Crippen LogP contribution in [0.2, 0.25) is 15.1 Å². The van der Waals surface area contributed by atoms with Gasteiger partial charge < -0.3 is 0 Å². The van der Waals surface area contributed by atoms with Gasteiger partial charge in [-0.15, -0.1) is 0 Å². The molecule has 170 valence electrons. The first-order valence-electron chi connectivity index (χ1n) is 10.7. The highest BCUT2D eigenvalue weighted by Crippen LogP contribution is 2.46.